The maximum absolute atomic E-state index is 4.59. The van der Waals surface area contributed by atoms with Crippen LogP contribution in [0.5, 0.6) is 0 Å². The fraction of sp³-hybridized carbons (Fsp3) is 0.500. The van der Waals surface area contributed by atoms with E-state index in [2.05, 4.69) is 39.5 Å². The summed E-state index contributed by atoms with van der Waals surface area (Å²) in [6.45, 7) is 3.36. The van der Waals surface area contributed by atoms with Crippen molar-refractivity contribution in [3.8, 4) is 0 Å². The van der Waals surface area contributed by atoms with Gasteiger partial charge in [-0.2, -0.15) is 0 Å². The summed E-state index contributed by atoms with van der Waals surface area (Å²) in [6, 6.07) is 11.4. The summed E-state index contributed by atoms with van der Waals surface area (Å²) >= 11 is 0. The Morgan fingerprint density at radius 3 is 3.05 bits per heavy atom. The monoisotopic (exact) mass is 283 g/mol. The summed E-state index contributed by atoms with van der Waals surface area (Å²) < 4.78 is 0. The number of pyridine rings is 1. The highest BCUT2D eigenvalue weighted by atomic mass is 15.2. The highest BCUT2D eigenvalue weighted by Crippen LogP contribution is 2.24. The predicted molar refractivity (Wildman–Crippen MR) is 88.3 cm³/mol. The quantitative estimate of drug-likeness (QED) is 0.913. The molecule has 1 aliphatic heterocycles. The zero-order valence-electron chi connectivity index (χ0n) is 12.9. The third-order valence-corrected chi connectivity index (χ3v) is 4.57. The largest absolute Gasteiger partial charge is 0.320 e. The van der Waals surface area contributed by atoms with Gasteiger partial charge in [0.15, 0.2) is 0 Å². The molecule has 3 nitrogen and oxygen atoms in total. The zero-order valence-corrected chi connectivity index (χ0v) is 12.9. The Kier molecular flexibility index (Phi) is 4.84. The molecule has 2 heterocycles. The molecule has 1 fully saturated rings. The fourth-order valence-corrected chi connectivity index (χ4v) is 3.42. The van der Waals surface area contributed by atoms with Crippen LogP contribution >= 0.6 is 0 Å². The Bertz CT molecular complexity index is 576. The second kappa shape index (κ2) is 7.01. The number of rotatable bonds is 5. The van der Waals surface area contributed by atoms with Crippen LogP contribution in [0.15, 0.2) is 36.5 Å². The van der Waals surface area contributed by atoms with Crippen molar-refractivity contribution < 1.29 is 0 Å². The first kappa shape index (κ1) is 14.5. The molecule has 2 aromatic rings. The lowest BCUT2D eigenvalue weighted by atomic mass is 9.98. The van der Waals surface area contributed by atoms with Crippen LogP contribution in [0.1, 0.15) is 31.2 Å². The Balaban J connectivity index is 1.79. The van der Waals surface area contributed by atoms with Gasteiger partial charge in [-0.3, -0.25) is 9.88 Å². The van der Waals surface area contributed by atoms with Crippen LogP contribution in [-0.2, 0) is 6.54 Å². The van der Waals surface area contributed by atoms with Gasteiger partial charge in [-0.25, -0.2) is 0 Å². The van der Waals surface area contributed by atoms with Gasteiger partial charge in [0.1, 0.15) is 0 Å². The standard InChI is InChI=1S/C18H25N3/c1-19-12-10-17-9-2-3-13-21(17)14-16-7-4-6-15-8-5-11-20-18(15)16/h4-8,11,17,19H,2-3,9-10,12-14H2,1H3. The summed E-state index contributed by atoms with van der Waals surface area (Å²) in [5.41, 5.74) is 2.53. The van der Waals surface area contributed by atoms with Gasteiger partial charge in [-0.1, -0.05) is 30.7 Å². The van der Waals surface area contributed by atoms with E-state index in [1.807, 2.05) is 19.3 Å². The summed E-state index contributed by atoms with van der Waals surface area (Å²) in [6.07, 6.45) is 7.18. The molecule has 1 unspecified atom stereocenters. The van der Waals surface area contributed by atoms with Crippen molar-refractivity contribution in [2.24, 2.45) is 0 Å². The second-order valence-corrected chi connectivity index (χ2v) is 6.00. The van der Waals surface area contributed by atoms with Crippen molar-refractivity contribution in [1.29, 1.82) is 0 Å². The van der Waals surface area contributed by atoms with Crippen LogP contribution < -0.4 is 5.32 Å². The van der Waals surface area contributed by atoms with Gasteiger partial charge in [0.05, 0.1) is 5.52 Å². The molecule has 0 radical (unpaired) electrons. The number of benzene rings is 1. The lowest BCUT2D eigenvalue weighted by Gasteiger charge is -2.36. The van der Waals surface area contributed by atoms with Crippen molar-refractivity contribution in [3.63, 3.8) is 0 Å². The molecule has 3 heteroatoms. The molecule has 112 valence electrons. The first-order valence-electron chi connectivity index (χ1n) is 8.10. The minimum atomic E-state index is 0.713. The van der Waals surface area contributed by atoms with Crippen LogP contribution in [0.3, 0.4) is 0 Å². The third-order valence-electron chi connectivity index (χ3n) is 4.57. The number of aromatic nitrogens is 1. The van der Waals surface area contributed by atoms with E-state index in [0.717, 1.165) is 18.6 Å². The molecule has 3 rings (SSSR count). The number of hydrogen-bond acceptors (Lipinski definition) is 3. The summed E-state index contributed by atoms with van der Waals surface area (Å²) in [5.74, 6) is 0. The Labute approximate surface area is 127 Å². The smallest absolute Gasteiger partial charge is 0.0746 e. The number of piperidine rings is 1. The third kappa shape index (κ3) is 3.42. The number of nitrogens with one attached hydrogen (secondary N) is 1. The van der Waals surface area contributed by atoms with Crippen molar-refractivity contribution in [2.45, 2.75) is 38.3 Å². The Morgan fingerprint density at radius 1 is 1.24 bits per heavy atom. The maximum atomic E-state index is 4.59. The van der Waals surface area contributed by atoms with Crippen molar-refractivity contribution >= 4 is 10.9 Å². The molecule has 1 atom stereocenters. The van der Waals surface area contributed by atoms with E-state index in [1.54, 1.807) is 0 Å². The van der Waals surface area contributed by atoms with E-state index in [0.29, 0.717) is 6.04 Å². The summed E-state index contributed by atoms with van der Waals surface area (Å²) in [4.78, 5) is 7.25. The van der Waals surface area contributed by atoms with E-state index < -0.39 is 0 Å². The molecule has 1 aliphatic rings. The van der Waals surface area contributed by atoms with Crippen molar-refractivity contribution in [2.75, 3.05) is 20.1 Å². The van der Waals surface area contributed by atoms with E-state index in [1.165, 1.54) is 43.2 Å². The molecule has 0 spiro atoms. The zero-order chi connectivity index (χ0) is 14.5. The second-order valence-electron chi connectivity index (χ2n) is 6.00. The van der Waals surface area contributed by atoms with Crippen molar-refractivity contribution in [3.05, 3.63) is 42.1 Å². The molecule has 21 heavy (non-hydrogen) atoms. The van der Waals surface area contributed by atoms with Gasteiger partial charge in [0, 0.05) is 24.2 Å². The topological polar surface area (TPSA) is 28.2 Å². The number of para-hydroxylation sites is 1. The number of fused-ring (bicyclic) bond motifs is 1. The van der Waals surface area contributed by atoms with Crippen LogP contribution in [0, 0.1) is 0 Å². The molecular formula is C18H25N3. The number of nitrogens with zero attached hydrogens (tertiary/aromatic N) is 2. The summed E-state index contributed by atoms with van der Waals surface area (Å²) in [5, 5.41) is 4.54. The van der Waals surface area contributed by atoms with Crippen LogP contribution in [0.25, 0.3) is 10.9 Å². The van der Waals surface area contributed by atoms with Gasteiger partial charge in [0.2, 0.25) is 0 Å². The minimum absolute atomic E-state index is 0.713. The van der Waals surface area contributed by atoms with Crippen molar-refractivity contribution in [1.82, 2.24) is 15.2 Å². The molecule has 1 aromatic carbocycles. The molecule has 1 saturated heterocycles. The maximum Gasteiger partial charge on any atom is 0.0746 e. The fourth-order valence-electron chi connectivity index (χ4n) is 3.42. The minimum Gasteiger partial charge on any atom is -0.320 e. The lowest BCUT2D eigenvalue weighted by molar-refractivity contribution is 0.133. The average Bonchev–Trinajstić information content (AvgIpc) is 2.54. The van der Waals surface area contributed by atoms with Gasteiger partial charge >= 0.3 is 0 Å². The first-order chi connectivity index (χ1) is 10.4. The van der Waals surface area contributed by atoms with Crippen LogP contribution in [0.4, 0.5) is 0 Å². The lowest BCUT2D eigenvalue weighted by Crippen LogP contribution is -2.40. The molecule has 0 bridgehead atoms. The van der Waals surface area contributed by atoms with E-state index in [-0.39, 0.29) is 0 Å². The van der Waals surface area contributed by atoms with E-state index >= 15 is 0 Å². The van der Waals surface area contributed by atoms with E-state index in [9.17, 15) is 0 Å². The van der Waals surface area contributed by atoms with Gasteiger partial charge in [0.25, 0.3) is 0 Å². The van der Waals surface area contributed by atoms with Crippen LogP contribution in [-0.4, -0.2) is 36.1 Å². The van der Waals surface area contributed by atoms with Crippen LogP contribution in [0.2, 0.25) is 0 Å². The van der Waals surface area contributed by atoms with E-state index in [4.69, 9.17) is 0 Å². The summed E-state index contributed by atoms with van der Waals surface area (Å²) in [7, 11) is 2.04. The molecule has 1 N–H and O–H groups in total. The number of hydrogen-bond donors (Lipinski definition) is 1. The SMILES string of the molecule is CNCCC1CCCCN1Cc1cccc2cccnc12. The highest BCUT2D eigenvalue weighted by molar-refractivity contribution is 5.81. The first-order valence-corrected chi connectivity index (χ1v) is 8.10. The number of likely N-dealkylation sites (tertiary alicyclic amines) is 1. The van der Waals surface area contributed by atoms with Gasteiger partial charge in [-0.05, 0) is 51.0 Å². The van der Waals surface area contributed by atoms with Gasteiger partial charge in [-0.15, -0.1) is 0 Å². The molecule has 1 aromatic heterocycles. The Hall–Kier alpha value is -1.45. The normalized spacial score (nSPS) is 20.0. The molecule has 0 aliphatic carbocycles. The Morgan fingerprint density at radius 2 is 2.14 bits per heavy atom. The van der Waals surface area contributed by atoms with Gasteiger partial charge < -0.3 is 5.32 Å². The molecule has 0 saturated carbocycles. The predicted octanol–water partition coefficient (Wildman–Crippen LogP) is 3.20. The average molecular weight is 283 g/mol. The molecular weight excluding hydrogens is 258 g/mol. The highest BCUT2D eigenvalue weighted by Gasteiger charge is 2.22. The molecule has 0 amide bonds.